The van der Waals surface area contributed by atoms with Crippen molar-refractivity contribution in [3.8, 4) is 0 Å². The molecule has 1 aliphatic heterocycles. The first-order chi connectivity index (χ1) is 7.16. The molecule has 0 aromatic heterocycles. The van der Waals surface area contributed by atoms with E-state index in [4.69, 9.17) is 0 Å². The normalized spacial score (nSPS) is 20.9. The van der Waals surface area contributed by atoms with Gasteiger partial charge in [0.15, 0.2) is 11.6 Å². The van der Waals surface area contributed by atoms with Crippen molar-refractivity contribution < 1.29 is 8.78 Å². The lowest BCUT2D eigenvalue weighted by Gasteiger charge is -2.10. The number of hydrogen-bond donors (Lipinski definition) is 1. The molecule has 0 bridgehead atoms. The van der Waals surface area contributed by atoms with Gasteiger partial charge in [0, 0.05) is 4.47 Å². The molecule has 1 atom stereocenters. The molecule has 0 saturated carbocycles. The van der Waals surface area contributed by atoms with Crippen LogP contribution in [0.2, 0.25) is 0 Å². The number of hydrogen-bond acceptors (Lipinski definition) is 1. The molecular formula is C11H12BrF2N. The summed E-state index contributed by atoms with van der Waals surface area (Å²) in [4.78, 5) is 0. The lowest BCUT2D eigenvalue weighted by Crippen LogP contribution is -2.11. The third-order valence-electron chi connectivity index (χ3n) is 2.74. The lowest BCUT2D eigenvalue weighted by atomic mass is 9.98. The third-order valence-corrected chi connectivity index (χ3v) is 3.20. The number of halogens is 3. The molecule has 2 rings (SSSR count). The van der Waals surface area contributed by atoms with E-state index in [0.29, 0.717) is 22.4 Å². The third kappa shape index (κ3) is 2.55. The van der Waals surface area contributed by atoms with Gasteiger partial charge in [-0.2, -0.15) is 0 Å². The van der Waals surface area contributed by atoms with Crippen molar-refractivity contribution in [2.24, 2.45) is 5.92 Å². The monoisotopic (exact) mass is 275 g/mol. The Bertz CT molecular complexity index is 362. The zero-order valence-electron chi connectivity index (χ0n) is 8.19. The van der Waals surface area contributed by atoms with Gasteiger partial charge in [0.2, 0.25) is 0 Å². The van der Waals surface area contributed by atoms with Crippen LogP contribution in [-0.2, 0) is 6.42 Å². The maximum atomic E-state index is 13.4. The lowest BCUT2D eigenvalue weighted by molar-refractivity contribution is 0.482. The Balaban J connectivity index is 2.19. The minimum atomic E-state index is -0.773. The van der Waals surface area contributed by atoms with Crippen molar-refractivity contribution >= 4 is 15.9 Å². The minimum absolute atomic E-state index is 0.424. The molecule has 1 saturated heterocycles. The van der Waals surface area contributed by atoms with Crippen LogP contribution < -0.4 is 5.32 Å². The predicted molar refractivity (Wildman–Crippen MR) is 58.7 cm³/mol. The molecule has 0 aliphatic carbocycles. The smallest absolute Gasteiger partial charge is 0.162 e. The van der Waals surface area contributed by atoms with Crippen LogP contribution in [0.1, 0.15) is 12.0 Å². The molecule has 1 N–H and O–H groups in total. The molecule has 4 heteroatoms. The zero-order chi connectivity index (χ0) is 10.8. The standard InChI is InChI=1S/C11H12BrF2N/c12-9-4-8(11(14)10(13)5-9)3-7-1-2-15-6-7/h4-5,7,15H,1-3,6H2. The van der Waals surface area contributed by atoms with E-state index in [2.05, 4.69) is 21.2 Å². The summed E-state index contributed by atoms with van der Waals surface area (Å²) in [6.45, 7) is 1.87. The highest BCUT2D eigenvalue weighted by Gasteiger charge is 2.18. The molecule has 0 amide bonds. The highest BCUT2D eigenvalue weighted by Crippen LogP contribution is 2.23. The molecule has 1 fully saturated rings. The van der Waals surface area contributed by atoms with E-state index in [1.54, 1.807) is 6.07 Å². The molecule has 1 unspecified atom stereocenters. The molecule has 1 aliphatic rings. The van der Waals surface area contributed by atoms with Crippen molar-refractivity contribution in [2.45, 2.75) is 12.8 Å². The van der Waals surface area contributed by atoms with Crippen LogP contribution in [0.15, 0.2) is 16.6 Å². The average Bonchev–Trinajstić information content (AvgIpc) is 2.66. The van der Waals surface area contributed by atoms with Gasteiger partial charge < -0.3 is 5.32 Å². The van der Waals surface area contributed by atoms with Crippen LogP contribution in [-0.4, -0.2) is 13.1 Å². The van der Waals surface area contributed by atoms with Crippen molar-refractivity contribution in [1.29, 1.82) is 0 Å². The van der Waals surface area contributed by atoms with Crippen molar-refractivity contribution in [3.05, 3.63) is 33.8 Å². The molecule has 0 spiro atoms. The fourth-order valence-corrected chi connectivity index (χ4v) is 2.43. The molecule has 82 valence electrons. The number of rotatable bonds is 2. The predicted octanol–water partition coefficient (Wildman–Crippen LogP) is 2.88. The molecule has 1 nitrogen and oxygen atoms in total. The van der Waals surface area contributed by atoms with E-state index in [0.717, 1.165) is 25.6 Å². The van der Waals surface area contributed by atoms with E-state index in [9.17, 15) is 8.78 Å². The summed E-state index contributed by atoms with van der Waals surface area (Å²) in [6.07, 6.45) is 1.64. The second-order valence-electron chi connectivity index (χ2n) is 3.92. The summed E-state index contributed by atoms with van der Waals surface area (Å²) in [5.74, 6) is -1.05. The number of benzene rings is 1. The Labute approximate surface area is 96.0 Å². The van der Waals surface area contributed by atoms with Gasteiger partial charge in [0.25, 0.3) is 0 Å². The topological polar surface area (TPSA) is 12.0 Å². The Hall–Kier alpha value is -0.480. The molecule has 1 heterocycles. The van der Waals surface area contributed by atoms with Crippen molar-refractivity contribution in [2.75, 3.05) is 13.1 Å². The maximum Gasteiger partial charge on any atom is 0.162 e. The van der Waals surface area contributed by atoms with Crippen LogP contribution in [0.3, 0.4) is 0 Å². The Morgan fingerprint density at radius 3 is 2.87 bits per heavy atom. The minimum Gasteiger partial charge on any atom is -0.316 e. The van der Waals surface area contributed by atoms with Gasteiger partial charge in [0.1, 0.15) is 0 Å². The fourth-order valence-electron chi connectivity index (χ4n) is 1.96. The first-order valence-corrected chi connectivity index (χ1v) is 5.80. The summed E-state index contributed by atoms with van der Waals surface area (Å²) < 4.78 is 27.1. The van der Waals surface area contributed by atoms with Gasteiger partial charge in [-0.05, 0) is 49.5 Å². The molecule has 1 aromatic rings. The fraction of sp³-hybridized carbons (Fsp3) is 0.455. The molecular weight excluding hydrogens is 264 g/mol. The number of nitrogens with one attached hydrogen (secondary N) is 1. The maximum absolute atomic E-state index is 13.4. The quantitative estimate of drug-likeness (QED) is 0.819. The van der Waals surface area contributed by atoms with Gasteiger partial charge in [0.05, 0.1) is 0 Å². The average molecular weight is 276 g/mol. The van der Waals surface area contributed by atoms with E-state index in [-0.39, 0.29) is 0 Å². The SMILES string of the molecule is Fc1cc(Br)cc(CC2CCNC2)c1F. The summed E-state index contributed by atoms with van der Waals surface area (Å²) in [5, 5.41) is 3.21. The largest absolute Gasteiger partial charge is 0.316 e. The van der Waals surface area contributed by atoms with Gasteiger partial charge >= 0.3 is 0 Å². The zero-order valence-corrected chi connectivity index (χ0v) is 9.78. The summed E-state index contributed by atoms with van der Waals surface area (Å²) in [6, 6.07) is 2.82. The van der Waals surface area contributed by atoms with Crippen molar-refractivity contribution in [3.63, 3.8) is 0 Å². The van der Waals surface area contributed by atoms with Crippen LogP contribution in [0.5, 0.6) is 0 Å². The Morgan fingerprint density at radius 2 is 2.20 bits per heavy atom. The van der Waals surface area contributed by atoms with E-state index in [1.807, 2.05) is 0 Å². The second-order valence-corrected chi connectivity index (χ2v) is 4.84. The van der Waals surface area contributed by atoms with E-state index >= 15 is 0 Å². The van der Waals surface area contributed by atoms with Crippen LogP contribution in [0.4, 0.5) is 8.78 Å². The summed E-state index contributed by atoms with van der Waals surface area (Å²) in [7, 11) is 0. The van der Waals surface area contributed by atoms with Crippen molar-refractivity contribution in [1.82, 2.24) is 5.32 Å². The Kier molecular flexibility index (Phi) is 3.36. The van der Waals surface area contributed by atoms with Gasteiger partial charge in [-0.25, -0.2) is 8.78 Å². The summed E-state index contributed by atoms with van der Waals surface area (Å²) in [5.41, 5.74) is 0.468. The van der Waals surface area contributed by atoms with Gasteiger partial charge in [-0.1, -0.05) is 15.9 Å². The molecule has 1 aromatic carbocycles. The van der Waals surface area contributed by atoms with Gasteiger partial charge in [-0.3, -0.25) is 0 Å². The van der Waals surface area contributed by atoms with Crippen LogP contribution in [0, 0.1) is 17.6 Å². The molecule has 15 heavy (non-hydrogen) atoms. The highest BCUT2D eigenvalue weighted by atomic mass is 79.9. The van der Waals surface area contributed by atoms with E-state index < -0.39 is 11.6 Å². The molecule has 0 radical (unpaired) electrons. The summed E-state index contributed by atoms with van der Waals surface area (Å²) >= 11 is 3.17. The Morgan fingerprint density at radius 1 is 1.40 bits per heavy atom. The van der Waals surface area contributed by atoms with Crippen LogP contribution >= 0.6 is 15.9 Å². The van der Waals surface area contributed by atoms with Crippen LogP contribution in [0.25, 0.3) is 0 Å². The van der Waals surface area contributed by atoms with E-state index in [1.165, 1.54) is 0 Å². The first kappa shape index (κ1) is 11.0. The van der Waals surface area contributed by atoms with Gasteiger partial charge in [-0.15, -0.1) is 0 Å². The highest BCUT2D eigenvalue weighted by molar-refractivity contribution is 9.10. The second kappa shape index (κ2) is 4.58. The first-order valence-electron chi connectivity index (χ1n) is 5.01.